The number of nitrogens with zero attached hydrogens (tertiary/aromatic N) is 6. The number of aromatic nitrogens is 8. The van der Waals surface area contributed by atoms with E-state index in [9.17, 15) is 5.11 Å². The number of H-pyrrole nitrogens is 2. The second kappa shape index (κ2) is 15.9. The van der Waals surface area contributed by atoms with Crippen LogP contribution in [0, 0.1) is 0 Å². The van der Waals surface area contributed by atoms with Crippen molar-refractivity contribution in [3.8, 4) is 11.4 Å². The van der Waals surface area contributed by atoms with Crippen LogP contribution in [0.15, 0.2) is 48.6 Å². The number of unbranched alkanes of at least 4 members (excludes halogenated alkanes) is 7. The number of nitrogens with one attached hydrogen (secondary N) is 2. The number of aromatic amines is 2. The molecule has 2 aromatic heterocycles. The van der Waals surface area contributed by atoms with E-state index in [4.69, 9.17) is 0 Å². The van der Waals surface area contributed by atoms with Gasteiger partial charge < -0.3 is 5.11 Å². The van der Waals surface area contributed by atoms with Crippen LogP contribution >= 0.6 is 11.8 Å². The molecule has 0 bridgehead atoms. The van der Waals surface area contributed by atoms with Crippen molar-refractivity contribution in [1.29, 1.82) is 0 Å². The zero-order valence-corrected chi connectivity index (χ0v) is 21.2. The lowest BCUT2D eigenvalue weighted by Gasteiger charge is -2.20. The first-order valence-electron chi connectivity index (χ1n) is 12.5. The Morgan fingerprint density at radius 2 is 1.77 bits per heavy atom. The van der Waals surface area contributed by atoms with E-state index in [1.165, 1.54) is 44.9 Å². The zero-order chi connectivity index (χ0) is 24.6. The lowest BCUT2D eigenvalue weighted by atomic mass is 10.0. The molecule has 0 unspecified atom stereocenters. The molecule has 9 nitrogen and oxygen atoms in total. The van der Waals surface area contributed by atoms with E-state index in [0.29, 0.717) is 18.1 Å². The third-order valence-corrected chi connectivity index (χ3v) is 6.93. The molecule has 0 aliphatic rings. The van der Waals surface area contributed by atoms with E-state index in [1.807, 2.05) is 30.3 Å². The molecular formula is C25H36N8OS. The molecule has 1 aromatic carbocycles. The second-order valence-electron chi connectivity index (χ2n) is 8.44. The summed E-state index contributed by atoms with van der Waals surface area (Å²) in [5.74, 6) is 1.94. The quantitative estimate of drug-likeness (QED) is 0.176. The van der Waals surface area contributed by atoms with Crippen LogP contribution in [0.1, 0.15) is 75.8 Å². The number of aliphatic hydroxyl groups is 1. The van der Waals surface area contributed by atoms with Gasteiger partial charge in [0.1, 0.15) is 0 Å². The van der Waals surface area contributed by atoms with Crippen LogP contribution in [0.3, 0.4) is 0 Å². The first-order valence-corrected chi connectivity index (χ1v) is 13.5. The molecule has 2 heterocycles. The summed E-state index contributed by atoms with van der Waals surface area (Å²) in [5, 5.41) is 39.4. The molecule has 0 fully saturated rings. The standard InChI is InChI=1S/C25H36N8OS/c1-2-3-4-5-6-7-8-9-10-11-12-16-22(35-18-17-23-26-30-31-27-23)24(34)20-14-13-15-21(19-20)25-28-32-33-29-25/h10-16,19,22,24,34H,2-9,17-18H2,1H3,(H,26,27,30,31)(H,28,29,32,33)/b11-10+,16-12+/t22-,24+/m1/s1. The highest BCUT2D eigenvalue weighted by Gasteiger charge is 2.20. The van der Waals surface area contributed by atoms with Gasteiger partial charge in [0.05, 0.1) is 11.4 Å². The van der Waals surface area contributed by atoms with Crippen molar-refractivity contribution in [3.05, 3.63) is 60.0 Å². The number of hydrogen-bond acceptors (Lipinski definition) is 8. The normalized spacial score (nSPS) is 13.7. The predicted molar refractivity (Wildman–Crippen MR) is 140 cm³/mol. The second-order valence-corrected chi connectivity index (χ2v) is 9.73. The minimum absolute atomic E-state index is 0.134. The summed E-state index contributed by atoms with van der Waals surface area (Å²) >= 11 is 1.67. The van der Waals surface area contributed by atoms with E-state index in [0.717, 1.165) is 23.3 Å². The topological polar surface area (TPSA) is 129 Å². The molecule has 10 heteroatoms. The Morgan fingerprint density at radius 1 is 0.971 bits per heavy atom. The Kier molecular flexibility index (Phi) is 12.2. The number of hydrogen-bond donors (Lipinski definition) is 3. The number of benzene rings is 1. The molecule has 3 aromatic rings. The van der Waals surface area contributed by atoms with Crippen molar-refractivity contribution < 1.29 is 5.11 Å². The maximum atomic E-state index is 11.2. The van der Waals surface area contributed by atoms with Crippen LogP contribution in [-0.2, 0) is 6.42 Å². The van der Waals surface area contributed by atoms with E-state index < -0.39 is 6.10 Å². The molecule has 35 heavy (non-hydrogen) atoms. The minimum Gasteiger partial charge on any atom is -0.387 e. The van der Waals surface area contributed by atoms with E-state index in [-0.39, 0.29) is 5.25 Å². The number of rotatable bonds is 17. The molecule has 188 valence electrons. The molecular weight excluding hydrogens is 460 g/mol. The van der Waals surface area contributed by atoms with Crippen LogP contribution in [0.2, 0.25) is 0 Å². The summed E-state index contributed by atoms with van der Waals surface area (Å²) in [7, 11) is 0. The summed E-state index contributed by atoms with van der Waals surface area (Å²) < 4.78 is 0. The van der Waals surface area contributed by atoms with Crippen LogP contribution in [-0.4, -0.2) is 57.4 Å². The monoisotopic (exact) mass is 496 g/mol. The smallest absolute Gasteiger partial charge is 0.204 e. The van der Waals surface area contributed by atoms with Gasteiger partial charge in [-0.05, 0) is 29.7 Å². The molecule has 2 atom stereocenters. The summed E-state index contributed by atoms with van der Waals surface area (Å²) in [4.78, 5) is 0. The maximum Gasteiger partial charge on any atom is 0.204 e. The fourth-order valence-electron chi connectivity index (χ4n) is 3.73. The largest absolute Gasteiger partial charge is 0.387 e. The van der Waals surface area contributed by atoms with Crippen molar-refractivity contribution >= 4 is 11.8 Å². The first-order chi connectivity index (χ1) is 17.3. The number of tetrazole rings is 2. The Labute approximate surface area is 211 Å². The van der Waals surface area contributed by atoms with Crippen molar-refractivity contribution in [2.75, 3.05) is 5.75 Å². The molecule has 0 aliphatic carbocycles. The molecule has 3 N–H and O–H groups in total. The average molecular weight is 497 g/mol. The van der Waals surface area contributed by atoms with E-state index in [1.54, 1.807) is 11.8 Å². The van der Waals surface area contributed by atoms with Crippen molar-refractivity contribution in [3.63, 3.8) is 0 Å². The Morgan fingerprint density at radius 3 is 2.54 bits per heavy atom. The van der Waals surface area contributed by atoms with Gasteiger partial charge in [0, 0.05) is 17.7 Å². The van der Waals surface area contributed by atoms with Crippen LogP contribution < -0.4 is 0 Å². The summed E-state index contributed by atoms with van der Waals surface area (Å²) in [6.07, 6.45) is 18.7. The van der Waals surface area contributed by atoms with Crippen LogP contribution in [0.5, 0.6) is 0 Å². The number of aryl methyl sites for hydroxylation is 1. The van der Waals surface area contributed by atoms with Crippen LogP contribution in [0.4, 0.5) is 0 Å². The lowest BCUT2D eigenvalue weighted by molar-refractivity contribution is 0.187. The third kappa shape index (κ3) is 9.73. The molecule has 3 rings (SSSR count). The van der Waals surface area contributed by atoms with Crippen molar-refractivity contribution in [2.45, 2.75) is 76.1 Å². The Bertz CT molecular complexity index is 991. The average Bonchev–Trinajstić information content (AvgIpc) is 3.61. The highest BCUT2D eigenvalue weighted by molar-refractivity contribution is 8.00. The Hall–Kier alpha value is -2.85. The number of allylic oxidation sites excluding steroid dienone is 3. The highest BCUT2D eigenvalue weighted by Crippen LogP contribution is 2.30. The summed E-state index contributed by atoms with van der Waals surface area (Å²) in [5.41, 5.74) is 1.62. The lowest BCUT2D eigenvalue weighted by Crippen LogP contribution is -2.14. The molecule has 0 aliphatic heterocycles. The van der Waals surface area contributed by atoms with E-state index >= 15 is 0 Å². The van der Waals surface area contributed by atoms with Gasteiger partial charge in [0.25, 0.3) is 0 Å². The Balaban J connectivity index is 1.54. The SMILES string of the molecule is CCCCCCCCC/C=C/C=C/[C@@H](SCCc1nn[nH]n1)[C@@H](O)c1cccc(-c2nn[nH]n2)c1. The van der Waals surface area contributed by atoms with Gasteiger partial charge in [-0.1, -0.05) is 93.2 Å². The van der Waals surface area contributed by atoms with Crippen molar-refractivity contribution in [1.82, 2.24) is 41.2 Å². The van der Waals surface area contributed by atoms with E-state index in [2.05, 4.69) is 66.4 Å². The minimum atomic E-state index is -0.690. The predicted octanol–water partition coefficient (Wildman–Crippen LogP) is 5.01. The van der Waals surface area contributed by atoms with Crippen LogP contribution in [0.25, 0.3) is 11.4 Å². The first kappa shape index (κ1) is 26.7. The summed E-state index contributed by atoms with van der Waals surface area (Å²) in [6.45, 7) is 2.25. The molecule has 0 saturated heterocycles. The maximum absolute atomic E-state index is 11.2. The van der Waals surface area contributed by atoms with Gasteiger partial charge in [-0.25, -0.2) is 0 Å². The molecule has 0 saturated carbocycles. The zero-order valence-electron chi connectivity index (χ0n) is 20.4. The van der Waals surface area contributed by atoms with Crippen molar-refractivity contribution in [2.24, 2.45) is 0 Å². The number of aliphatic hydroxyl groups excluding tert-OH is 1. The van der Waals surface area contributed by atoms with Gasteiger partial charge >= 0.3 is 0 Å². The summed E-state index contributed by atoms with van der Waals surface area (Å²) in [6, 6.07) is 7.64. The van der Waals surface area contributed by atoms with Gasteiger partial charge in [-0.2, -0.15) is 22.2 Å². The molecule has 0 amide bonds. The highest BCUT2D eigenvalue weighted by atomic mass is 32.2. The number of thioether (sulfide) groups is 1. The van der Waals surface area contributed by atoms with Gasteiger partial charge in [0.2, 0.25) is 5.82 Å². The fourth-order valence-corrected chi connectivity index (χ4v) is 4.84. The molecule has 0 spiro atoms. The molecule has 0 radical (unpaired) electrons. The van der Waals surface area contributed by atoms with Gasteiger partial charge in [-0.3, -0.25) is 0 Å². The fraction of sp³-hybridized carbons (Fsp3) is 0.520. The third-order valence-electron chi connectivity index (χ3n) is 5.69. The van der Waals surface area contributed by atoms with Gasteiger partial charge in [-0.15, -0.1) is 20.4 Å². The van der Waals surface area contributed by atoms with Gasteiger partial charge in [0.15, 0.2) is 5.82 Å².